The van der Waals surface area contributed by atoms with Crippen LogP contribution in [0.2, 0.25) is 0 Å². The molecule has 0 unspecified atom stereocenters. The summed E-state index contributed by atoms with van der Waals surface area (Å²) in [6.45, 7) is 8.30. The monoisotopic (exact) mass is 256 g/mol. The number of hydrogen-bond donors (Lipinski definition) is 1. The fourth-order valence-corrected chi connectivity index (χ4v) is 1.93. The van der Waals surface area contributed by atoms with Crippen LogP contribution < -0.4 is 5.73 Å². The van der Waals surface area contributed by atoms with Gasteiger partial charge in [0.15, 0.2) is 0 Å². The fourth-order valence-electron chi connectivity index (χ4n) is 1.93. The summed E-state index contributed by atoms with van der Waals surface area (Å²) < 4.78 is 0. The van der Waals surface area contributed by atoms with Gasteiger partial charge in [0.05, 0.1) is 0 Å². The zero-order valence-corrected chi connectivity index (χ0v) is 11.9. The van der Waals surface area contributed by atoms with Gasteiger partial charge in [-0.3, -0.25) is 0 Å². The van der Waals surface area contributed by atoms with Crippen LogP contribution in [0.4, 0.5) is 5.95 Å². The minimum absolute atomic E-state index is 0.232. The van der Waals surface area contributed by atoms with Crippen LogP contribution in [0.3, 0.4) is 0 Å². The average molecular weight is 256 g/mol. The van der Waals surface area contributed by atoms with Gasteiger partial charge < -0.3 is 5.73 Å². The third kappa shape index (κ3) is 2.72. The first-order valence-corrected chi connectivity index (χ1v) is 6.48. The van der Waals surface area contributed by atoms with Gasteiger partial charge in [0.1, 0.15) is 11.6 Å². The number of nitrogen functional groups attached to an aromatic ring is 1. The Hall–Kier alpha value is -1.97. The Balaban J connectivity index is 2.52. The Labute approximate surface area is 114 Å². The lowest BCUT2D eigenvalue weighted by Gasteiger charge is -2.24. The minimum Gasteiger partial charge on any atom is -0.368 e. The highest BCUT2D eigenvalue weighted by molar-refractivity contribution is 5.32. The molecule has 4 heteroatoms. The van der Waals surface area contributed by atoms with Gasteiger partial charge in [-0.2, -0.15) is 9.97 Å². The normalized spacial score (nSPS) is 11.8. The second-order valence-corrected chi connectivity index (χ2v) is 5.52. The van der Waals surface area contributed by atoms with Gasteiger partial charge in [-0.15, -0.1) is 0 Å². The second-order valence-electron chi connectivity index (χ2n) is 5.52. The zero-order valence-electron chi connectivity index (χ0n) is 11.9. The maximum absolute atomic E-state index is 5.81. The van der Waals surface area contributed by atoms with Crippen molar-refractivity contribution in [2.75, 3.05) is 5.73 Å². The van der Waals surface area contributed by atoms with Crippen molar-refractivity contribution in [1.29, 1.82) is 0 Å². The molecule has 1 aromatic carbocycles. The van der Waals surface area contributed by atoms with E-state index in [1.807, 2.05) is 32.0 Å². The summed E-state index contributed by atoms with van der Waals surface area (Å²) in [4.78, 5) is 13.1. The number of anilines is 1. The standard InChI is InChI=1S/C15H20N4/c1-10(2)12-17-13(19-14(16)18-12)15(3,4)11-8-6-5-7-9-11/h5-10H,1-4H3,(H2,16,17,18,19). The molecular formula is C15H20N4. The van der Waals surface area contributed by atoms with Crippen molar-refractivity contribution >= 4 is 5.95 Å². The van der Waals surface area contributed by atoms with E-state index in [1.165, 1.54) is 0 Å². The van der Waals surface area contributed by atoms with E-state index in [-0.39, 0.29) is 17.3 Å². The summed E-state index contributed by atoms with van der Waals surface area (Å²) >= 11 is 0. The molecular weight excluding hydrogens is 236 g/mol. The van der Waals surface area contributed by atoms with Crippen LogP contribution in [-0.4, -0.2) is 15.0 Å². The molecule has 2 N–H and O–H groups in total. The van der Waals surface area contributed by atoms with Crippen LogP contribution in [0.1, 0.15) is 50.8 Å². The molecule has 2 aromatic rings. The van der Waals surface area contributed by atoms with Crippen molar-refractivity contribution in [3.8, 4) is 0 Å². The molecule has 1 heterocycles. The van der Waals surface area contributed by atoms with E-state index in [1.54, 1.807) is 0 Å². The third-order valence-corrected chi connectivity index (χ3v) is 3.24. The summed E-state index contributed by atoms with van der Waals surface area (Å²) in [5.41, 5.74) is 6.68. The molecule has 0 radical (unpaired) electrons. The SMILES string of the molecule is CC(C)c1nc(N)nc(C(C)(C)c2ccccc2)n1. The molecule has 0 spiro atoms. The van der Waals surface area contributed by atoms with E-state index in [4.69, 9.17) is 5.73 Å². The van der Waals surface area contributed by atoms with Crippen LogP contribution in [0.25, 0.3) is 0 Å². The van der Waals surface area contributed by atoms with Gasteiger partial charge in [-0.25, -0.2) is 4.98 Å². The molecule has 0 amide bonds. The summed E-state index contributed by atoms with van der Waals surface area (Å²) in [6.07, 6.45) is 0. The van der Waals surface area contributed by atoms with Gasteiger partial charge in [0, 0.05) is 11.3 Å². The Morgan fingerprint density at radius 1 is 1.00 bits per heavy atom. The molecule has 4 nitrogen and oxygen atoms in total. The molecule has 100 valence electrons. The van der Waals surface area contributed by atoms with E-state index >= 15 is 0 Å². The molecule has 0 aliphatic heterocycles. The quantitative estimate of drug-likeness (QED) is 0.917. The molecule has 0 aliphatic rings. The molecule has 0 bridgehead atoms. The predicted octanol–water partition coefficient (Wildman–Crippen LogP) is 2.90. The number of nitrogens with zero attached hydrogens (tertiary/aromatic N) is 3. The number of nitrogens with two attached hydrogens (primary N) is 1. The molecule has 1 aromatic heterocycles. The molecule has 2 rings (SSSR count). The molecule has 0 saturated heterocycles. The number of rotatable bonds is 3. The van der Waals surface area contributed by atoms with Gasteiger partial charge in [-0.1, -0.05) is 44.2 Å². The first kappa shape index (κ1) is 13.5. The van der Waals surface area contributed by atoms with Crippen LogP contribution in [0.5, 0.6) is 0 Å². The first-order chi connectivity index (χ1) is 8.91. The zero-order chi connectivity index (χ0) is 14.0. The molecule has 0 atom stereocenters. The summed E-state index contributed by atoms with van der Waals surface area (Å²) in [7, 11) is 0. The molecule has 19 heavy (non-hydrogen) atoms. The molecule has 0 fully saturated rings. The second kappa shape index (κ2) is 4.96. The maximum atomic E-state index is 5.81. The molecule has 0 aliphatic carbocycles. The minimum atomic E-state index is -0.290. The summed E-state index contributed by atoms with van der Waals surface area (Å²) in [5.74, 6) is 1.98. The Morgan fingerprint density at radius 2 is 1.63 bits per heavy atom. The molecule has 0 saturated carbocycles. The number of benzene rings is 1. The highest BCUT2D eigenvalue weighted by Gasteiger charge is 2.27. The Bertz CT molecular complexity index is 562. The van der Waals surface area contributed by atoms with E-state index in [9.17, 15) is 0 Å². The summed E-state index contributed by atoms with van der Waals surface area (Å²) in [6, 6.07) is 10.2. The highest BCUT2D eigenvalue weighted by atomic mass is 15.1. The Morgan fingerprint density at radius 3 is 2.21 bits per heavy atom. The van der Waals surface area contributed by atoms with Gasteiger partial charge in [0.25, 0.3) is 0 Å². The lowest BCUT2D eigenvalue weighted by atomic mass is 9.84. The van der Waals surface area contributed by atoms with E-state index < -0.39 is 0 Å². The lowest BCUT2D eigenvalue weighted by molar-refractivity contribution is 0.573. The van der Waals surface area contributed by atoms with E-state index in [0.717, 1.165) is 17.2 Å². The number of hydrogen-bond acceptors (Lipinski definition) is 4. The predicted molar refractivity (Wildman–Crippen MR) is 76.9 cm³/mol. The van der Waals surface area contributed by atoms with Crippen molar-refractivity contribution in [2.45, 2.75) is 39.0 Å². The average Bonchev–Trinajstić information content (AvgIpc) is 2.39. The topological polar surface area (TPSA) is 64.7 Å². The largest absolute Gasteiger partial charge is 0.368 e. The smallest absolute Gasteiger partial charge is 0.223 e. The van der Waals surface area contributed by atoms with Crippen molar-refractivity contribution in [2.24, 2.45) is 0 Å². The van der Waals surface area contributed by atoms with Crippen molar-refractivity contribution in [1.82, 2.24) is 15.0 Å². The van der Waals surface area contributed by atoms with Gasteiger partial charge in [-0.05, 0) is 19.4 Å². The highest BCUT2D eigenvalue weighted by Crippen LogP contribution is 2.29. The first-order valence-electron chi connectivity index (χ1n) is 6.48. The fraction of sp³-hybridized carbons (Fsp3) is 0.400. The number of aromatic nitrogens is 3. The van der Waals surface area contributed by atoms with Crippen LogP contribution >= 0.6 is 0 Å². The lowest BCUT2D eigenvalue weighted by Crippen LogP contribution is -2.24. The Kier molecular flexibility index (Phi) is 3.51. The van der Waals surface area contributed by atoms with E-state index in [2.05, 4.69) is 40.9 Å². The van der Waals surface area contributed by atoms with Gasteiger partial charge >= 0.3 is 0 Å². The van der Waals surface area contributed by atoms with Crippen LogP contribution in [0, 0.1) is 0 Å². The van der Waals surface area contributed by atoms with Crippen LogP contribution in [0.15, 0.2) is 30.3 Å². The van der Waals surface area contributed by atoms with Crippen molar-refractivity contribution in [3.05, 3.63) is 47.5 Å². The van der Waals surface area contributed by atoms with Crippen molar-refractivity contribution < 1.29 is 0 Å². The maximum Gasteiger partial charge on any atom is 0.223 e. The summed E-state index contributed by atoms with van der Waals surface area (Å²) in [5, 5.41) is 0. The van der Waals surface area contributed by atoms with E-state index in [0.29, 0.717) is 0 Å². The van der Waals surface area contributed by atoms with Gasteiger partial charge in [0.2, 0.25) is 5.95 Å². The van der Waals surface area contributed by atoms with Crippen molar-refractivity contribution in [3.63, 3.8) is 0 Å². The third-order valence-electron chi connectivity index (χ3n) is 3.24. The van der Waals surface area contributed by atoms with Crippen LogP contribution in [-0.2, 0) is 5.41 Å².